The first-order chi connectivity index (χ1) is 10.2. The smallest absolute Gasteiger partial charge is 0.304 e. The summed E-state index contributed by atoms with van der Waals surface area (Å²) in [5.74, 6) is -0.978. The number of amides is 1. The number of nitrogens with two attached hydrogens (primary N) is 1. The Balaban J connectivity index is 2.80. The number of carboxylic acids is 1. The first-order valence-electron chi connectivity index (χ1n) is 7.31. The van der Waals surface area contributed by atoms with Crippen molar-refractivity contribution in [2.24, 2.45) is 5.92 Å². The number of nitrogen functional groups attached to an aromatic ring is 1. The van der Waals surface area contributed by atoms with E-state index in [4.69, 9.17) is 10.8 Å². The second-order valence-corrected chi connectivity index (χ2v) is 5.87. The molecule has 6 nitrogen and oxygen atoms in total. The molecule has 4 N–H and O–H groups in total. The fraction of sp³-hybridized carbons (Fsp3) is 0.500. The maximum absolute atomic E-state index is 12.5. The summed E-state index contributed by atoms with van der Waals surface area (Å²) in [5, 5.41) is 11.6. The lowest BCUT2D eigenvalue weighted by atomic mass is 10.0. The number of carbonyl (C=O) groups is 2. The summed E-state index contributed by atoms with van der Waals surface area (Å²) in [6.07, 6.45) is 0.00444. The van der Waals surface area contributed by atoms with Crippen LogP contribution >= 0.6 is 0 Å². The van der Waals surface area contributed by atoms with Gasteiger partial charge in [0.2, 0.25) is 5.91 Å². The van der Waals surface area contributed by atoms with Crippen LogP contribution in [0.3, 0.4) is 0 Å². The van der Waals surface area contributed by atoms with Gasteiger partial charge in [-0.3, -0.25) is 14.5 Å². The molecule has 6 heteroatoms. The van der Waals surface area contributed by atoms with E-state index in [1.165, 1.54) is 0 Å². The predicted molar refractivity (Wildman–Crippen MR) is 87.7 cm³/mol. The number of hydrogen-bond acceptors (Lipinski definition) is 4. The molecule has 0 spiro atoms. The number of benzene rings is 1. The van der Waals surface area contributed by atoms with Crippen LogP contribution in [0.15, 0.2) is 18.2 Å². The zero-order valence-corrected chi connectivity index (χ0v) is 13.6. The monoisotopic (exact) mass is 307 g/mol. The number of anilines is 2. The molecule has 1 amide bonds. The fourth-order valence-corrected chi connectivity index (χ4v) is 2.36. The zero-order chi connectivity index (χ0) is 16.9. The van der Waals surface area contributed by atoms with Crippen LogP contribution in [0.1, 0.15) is 25.8 Å². The van der Waals surface area contributed by atoms with E-state index in [1.54, 1.807) is 24.1 Å². The van der Waals surface area contributed by atoms with Gasteiger partial charge in [-0.25, -0.2) is 0 Å². The van der Waals surface area contributed by atoms with Crippen molar-refractivity contribution in [3.8, 4) is 0 Å². The highest BCUT2D eigenvalue weighted by molar-refractivity contribution is 5.95. The lowest BCUT2D eigenvalue weighted by Gasteiger charge is -2.29. The Labute approximate surface area is 131 Å². The number of carboxylic acid groups (broad SMARTS) is 1. The molecule has 0 saturated carbocycles. The van der Waals surface area contributed by atoms with E-state index in [1.807, 2.05) is 26.8 Å². The average Bonchev–Trinajstić information content (AvgIpc) is 2.40. The summed E-state index contributed by atoms with van der Waals surface area (Å²) in [6, 6.07) is 4.98. The van der Waals surface area contributed by atoms with Crippen molar-refractivity contribution < 1.29 is 14.7 Å². The van der Waals surface area contributed by atoms with Gasteiger partial charge in [0.15, 0.2) is 0 Å². The van der Waals surface area contributed by atoms with Crippen molar-refractivity contribution in [2.45, 2.75) is 33.2 Å². The van der Waals surface area contributed by atoms with Crippen LogP contribution in [0.4, 0.5) is 11.4 Å². The van der Waals surface area contributed by atoms with E-state index in [2.05, 4.69) is 5.32 Å². The lowest BCUT2D eigenvalue weighted by molar-refractivity contribution is -0.138. The van der Waals surface area contributed by atoms with Crippen molar-refractivity contribution >= 4 is 23.3 Å². The number of aryl methyl sites for hydroxylation is 1. The third-order valence-electron chi connectivity index (χ3n) is 3.60. The first-order valence-corrected chi connectivity index (χ1v) is 7.31. The van der Waals surface area contributed by atoms with Gasteiger partial charge in [0.1, 0.15) is 0 Å². The molecule has 1 aromatic rings. The van der Waals surface area contributed by atoms with Crippen LogP contribution in [-0.4, -0.2) is 41.5 Å². The standard InChI is InChI=1S/C16H25N3O3/c1-10(2)15(19(4)8-7-14(20)21)16(22)18-12-6-5-11(3)13(17)9-12/h5-6,9-10,15H,7-8,17H2,1-4H3,(H,18,22)(H,20,21). The highest BCUT2D eigenvalue weighted by Gasteiger charge is 2.26. The fourth-order valence-electron chi connectivity index (χ4n) is 2.36. The number of hydrogen-bond donors (Lipinski definition) is 3. The van der Waals surface area contributed by atoms with Gasteiger partial charge in [0.25, 0.3) is 0 Å². The SMILES string of the molecule is Cc1ccc(NC(=O)C(C(C)C)N(C)CCC(=O)O)cc1N. The molecule has 0 fully saturated rings. The number of nitrogens with one attached hydrogen (secondary N) is 1. The summed E-state index contributed by atoms with van der Waals surface area (Å²) in [6.45, 7) is 6.09. The minimum absolute atomic E-state index is 0.00444. The third kappa shape index (κ3) is 5.04. The lowest BCUT2D eigenvalue weighted by Crippen LogP contribution is -2.46. The Bertz CT molecular complexity index is 543. The highest BCUT2D eigenvalue weighted by atomic mass is 16.4. The number of carbonyl (C=O) groups excluding carboxylic acids is 1. The van der Waals surface area contributed by atoms with Crippen molar-refractivity contribution in [3.05, 3.63) is 23.8 Å². The molecule has 0 heterocycles. The van der Waals surface area contributed by atoms with Crippen LogP contribution in [0.5, 0.6) is 0 Å². The van der Waals surface area contributed by atoms with Gasteiger partial charge in [0, 0.05) is 17.9 Å². The van der Waals surface area contributed by atoms with E-state index in [0.29, 0.717) is 17.9 Å². The van der Waals surface area contributed by atoms with Crippen molar-refractivity contribution in [1.29, 1.82) is 0 Å². The van der Waals surface area contributed by atoms with Gasteiger partial charge in [-0.05, 0) is 37.6 Å². The molecule has 1 aromatic carbocycles. The highest BCUT2D eigenvalue weighted by Crippen LogP contribution is 2.19. The summed E-state index contributed by atoms with van der Waals surface area (Å²) in [4.78, 5) is 25.0. The van der Waals surface area contributed by atoms with Crippen LogP contribution in [0, 0.1) is 12.8 Å². The molecule has 0 aliphatic carbocycles. The summed E-state index contributed by atoms with van der Waals surface area (Å²) >= 11 is 0. The summed E-state index contributed by atoms with van der Waals surface area (Å²) < 4.78 is 0. The average molecular weight is 307 g/mol. The Morgan fingerprint density at radius 1 is 1.36 bits per heavy atom. The predicted octanol–water partition coefficient (Wildman–Crippen LogP) is 1.95. The Morgan fingerprint density at radius 3 is 2.50 bits per heavy atom. The molecule has 0 bridgehead atoms. The molecule has 22 heavy (non-hydrogen) atoms. The van der Waals surface area contributed by atoms with E-state index in [0.717, 1.165) is 5.56 Å². The van der Waals surface area contributed by atoms with Gasteiger partial charge in [-0.2, -0.15) is 0 Å². The normalized spacial score (nSPS) is 12.5. The largest absolute Gasteiger partial charge is 0.481 e. The number of nitrogens with zero attached hydrogens (tertiary/aromatic N) is 1. The Kier molecular flexibility index (Phi) is 6.37. The molecular weight excluding hydrogens is 282 g/mol. The Morgan fingerprint density at radius 2 is 2.00 bits per heavy atom. The van der Waals surface area contributed by atoms with Gasteiger partial charge in [-0.1, -0.05) is 19.9 Å². The van der Waals surface area contributed by atoms with Crippen molar-refractivity contribution in [3.63, 3.8) is 0 Å². The van der Waals surface area contributed by atoms with Gasteiger partial charge in [0.05, 0.1) is 12.5 Å². The third-order valence-corrected chi connectivity index (χ3v) is 3.60. The molecule has 0 aliphatic heterocycles. The molecular formula is C16H25N3O3. The van der Waals surface area contributed by atoms with Crippen LogP contribution in [-0.2, 0) is 9.59 Å². The van der Waals surface area contributed by atoms with E-state index >= 15 is 0 Å². The summed E-state index contributed by atoms with van der Waals surface area (Å²) in [5.41, 5.74) is 8.07. The molecule has 1 atom stereocenters. The second-order valence-electron chi connectivity index (χ2n) is 5.87. The number of aliphatic carboxylic acids is 1. The zero-order valence-electron chi connectivity index (χ0n) is 13.6. The van der Waals surface area contributed by atoms with E-state index in [9.17, 15) is 9.59 Å². The van der Waals surface area contributed by atoms with Gasteiger partial charge < -0.3 is 16.2 Å². The topological polar surface area (TPSA) is 95.7 Å². The molecule has 0 aromatic heterocycles. The quantitative estimate of drug-likeness (QED) is 0.669. The molecule has 122 valence electrons. The molecule has 0 radical (unpaired) electrons. The maximum Gasteiger partial charge on any atom is 0.304 e. The molecule has 0 aliphatic rings. The van der Waals surface area contributed by atoms with Gasteiger partial charge in [-0.15, -0.1) is 0 Å². The summed E-state index contributed by atoms with van der Waals surface area (Å²) in [7, 11) is 1.76. The molecule has 1 unspecified atom stereocenters. The first kappa shape index (κ1) is 18.0. The van der Waals surface area contributed by atoms with E-state index in [-0.39, 0.29) is 18.2 Å². The molecule has 1 rings (SSSR count). The van der Waals surface area contributed by atoms with Crippen LogP contribution in [0.2, 0.25) is 0 Å². The number of rotatable bonds is 7. The van der Waals surface area contributed by atoms with Crippen molar-refractivity contribution in [1.82, 2.24) is 4.90 Å². The van der Waals surface area contributed by atoms with E-state index < -0.39 is 12.0 Å². The molecule has 0 saturated heterocycles. The second kappa shape index (κ2) is 7.79. The number of likely N-dealkylation sites (N-methyl/N-ethyl adjacent to an activating group) is 1. The maximum atomic E-state index is 12.5. The van der Waals surface area contributed by atoms with Crippen LogP contribution < -0.4 is 11.1 Å². The van der Waals surface area contributed by atoms with Crippen molar-refractivity contribution in [2.75, 3.05) is 24.6 Å². The van der Waals surface area contributed by atoms with Gasteiger partial charge >= 0.3 is 5.97 Å². The minimum Gasteiger partial charge on any atom is -0.481 e. The minimum atomic E-state index is -0.874. The Hall–Kier alpha value is -2.08. The van der Waals surface area contributed by atoms with Crippen LogP contribution in [0.25, 0.3) is 0 Å².